The van der Waals surface area contributed by atoms with Crippen molar-refractivity contribution in [2.75, 3.05) is 5.32 Å². The average molecular weight is 372 g/mol. The molecule has 26 heavy (non-hydrogen) atoms. The van der Waals surface area contributed by atoms with Crippen LogP contribution in [0.5, 0.6) is 0 Å². The molecule has 1 aromatic heterocycles. The Hall–Kier alpha value is -2.73. The third-order valence-electron chi connectivity index (χ3n) is 4.50. The van der Waals surface area contributed by atoms with Gasteiger partial charge in [0.1, 0.15) is 11.6 Å². The highest BCUT2D eigenvalue weighted by atomic mass is 35.5. The molecule has 4 rings (SSSR count). The molecule has 2 heterocycles. The fourth-order valence-corrected chi connectivity index (χ4v) is 3.46. The first-order chi connectivity index (χ1) is 12.5. The number of halogens is 2. The topological polar surface area (TPSA) is 64.0 Å². The molecule has 1 aliphatic rings. The van der Waals surface area contributed by atoms with Crippen LogP contribution in [0, 0.1) is 5.82 Å². The number of anilines is 1. The van der Waals surface area contributed by atoms with Crippen molar-refractivity contribution in [3.05, 3.63) is 69.0 Å². The van der Waals surface area contributed by atoms with Crippen molar-refractivity contribution in [1.29, 1.82) is 0 Å². The van der Waals surface area contributed by atoms with Crippen LogP contribution in [0.15, 0.2) is 41.2 Å². The zero-order valence-corrected chi connectivity index (χ0v) is 14.5. The van der Waals surface area contributed by atoms with Gasteiger partial charge in [-0.05, 0) is 36.8 Å². The second-order valence-corrected chi connectivity index (χ2v) is 6.65. The lowest BCUT2D eigenvalue weighted by Gasteiger charge is -2.09. The summed E-state index contributed by atoms with van der Waals surface area (Å²) in [5.41, 5.74) is 1.12. The van der Waals surface area contributed by atoms with E-state index in [0.29, 0.717) is 23.1 Å². The first kappa shape index (κ1) is 16.7. The number of aryl methyl sites for hydroxylation is 1. The lowest BCUT2D eigenvalue weighted by molar-refractivity contribution is -0.115. The van der Waals surface area contributed by atoms with Gasteiger partial charge in [-0.15, -0.1) is 0 Å². The lowest BCUT2D eigenvalue weighted by atomic mass is 10.1. The Kier molecular flexibility index (Phi) is 4.20. The van der Waals surface area contributed by atoms with Gasteiger partial charge in [0.2, 0.25) is 5.91 Å². The summed E-state index contributed by atoms with van der Waals surface area (Å²) < 4.78 is 15.5. The minimum atomic E-state index is -0.524. The second-order valence-electron chi connectivity index (χ2n) is 6.25. The Bertz CT molecular complexity index is 1070. The van der Waals surface area contributed by atoms with E-state index >= 15 is 0 Å². The Morgan fingerprint density at radius 1 is 1.31 bits per heavy atom. The fraction of sp³-hybridized carbons (Fsp3) is 0.211. The molecule has 0 aliphatic carbocycles. The van der Waals surface area contributed by atoms with Gasteiger partial charge in [-0.3, -0.25) is 14.2 Å². The van der Waals surface area contributed by atoms with E-state index in [2.05, 4.69) is 10.3 Å². The molecule has 1 amide bonds. The number of carbonyl (C=O) groups is 1. The summed E-state index contributed by atoms with van der Waals surface area (Å²) in [5.74, 6) is -0.136. The number of nitrogens with zero attached hydrogens (tertiary/aromatic N) is 2. The molecule has 0 bridgehead atoms. The molecule has 0 saturated carbocycles. The largest absolute Gasteiger partial charge is 0.326 e. The van der Waals surface area contributed by atoms with Gasteiger partial charge in [-0.1, -0.05) is 17.7 Å². The summed E-state index contributed by atoms with van der Waals surface area (Å²) in [6.07, 6.45) is 1.52. The standard InChI is InChI=1S/C19H15ClFN3O2/c20-14-3-1-4-15(21)12(14)10-18(25)22-11-6-7-16-13(9-11)19(26)24-8-2-5-17(24)23-16/h1,3-4,6-7,9H,2,5,8,10H2,(H,22,25). The quantitative estimate of drug-likeness (QED) is 0.768. The van der Waals surface area contributed by atoms with E-state index < -0.39 is 11.7 Å². The van der Waals surface area contributed by atoms with E-state index in [1.165, 1.54) is 18.2 Å². The Morgan fingerprint density at radius 3 is 2.96 bits per heavy atom. The summed E-state index contributed by atoms with van der Waals surface area (Å²) in [4.78, 5) is 29.4. The summed E-state index contributed by atoms with van der Waals surface area (Å²) in [6, 6.07) is 9.29. The SMILES string of the molecule is O=C(Cc1c(F)cccc1Cl)Nc1ccc2nc3n(c(=O)c2c1)CCC3. The van der Waals surface area contributed by atoms with E-state index in [0.717, 1.165) is 18.7 Å². The van der Waals surface area contributed by atoms with Gasteiger partial charge >= 0.3 is 0 Å². The molecule has 132 valence electrons. The van der Waals surface area contributed by atoms with Crippen LogP contribution in [0.4, 0.5) is 10.1 Å². The zero-order chi connectivity index (χ0) is 18.3. The molecule has 7 heteroatoms. The van der Waals surface area contributed by atoms with Crippen LogP contribution in [0.2, 0.25) is 5.02 Å². The monoisotopic (exact) mass is 371 g/mol. The molecule has 0 saturated heterocycles. The number of rotatable bonds is 3. The maximum absolute atomic E-state index is 13.8. The number of carbonyl (C=O) groups excluding carboxylic acids is 1. The van der Waals surface area contributed by atoms with Crippen molar-refractivity contribution in [2.45, 2.75) is 25.8 Å². The van der Waals surface area contributed by atoms with E-state index in [9.17, 15) is 14.0 Å². The van der Waals surface area contributed by atoms with E-state index in [4.69, 9.17) is 11.6 Å². The van der Waals surface area contributed by atoms with E-state index in [1.807, 2.05) is 0 Å². The molecule has 1 aliphatic heterocycles. The highest BCUT2D eigenvalue weighted by Gasteiger charge is 2.17. The van der Waals surface area contributed by atoms with Crippen LogP contribution < -0.4 is 10.9 Å². The molecule has 3 aromatic rings. The third-order valence-corrected chi connectivity index (χ3v) is 4.85. The molecule has 0 fully saturated rings. The second kappa shape index (κ2) is 6.53. The summed E-state index contributed by atoms with van der Waals surface area (Å²) in [7, 11) is 0. The first-order valence-electron chi connectivity index (χ1n) is 8.29. The highest BCUT2D eigenvalue weighted by molar-refractivity contribution is 6.31. The molecule has 1 N–H and O–H groups in total. The van der Waals surface area contributed by atoms with Crippen LogP contribution in [-0.2, 0) is 24.2 Å². The van der Waals surface area contributed by atoms with Crippen molar-refractivity contribution in [2.24, 2.45) is 0 Å². The van der Waals surface area contributed by atoms with Gasteiger partial charge in [-0.25, -0.2) is 9.37 Å². The van der Waals surface area contributed by atoms with Crippen molar-refractivity contribution < 1.29 is 9.18 Å². The molecule has 0 spiro atoms. The Morgan fingerprint density at radius 2 is 2.15 bits per heavy atom. The van der Waals surface area contributed by atoms with E-state index in [1.54, 1.807) is 22.8 Å². The number of benzene rings is 2. The summed E-state index contributed by atoms with van der Waals surface area (Å²) in [6.45, 7) is 0.666. The fourth-order valence-electron chi connectivity index (χ4n) is 3.23. The first-order valence-corrected chi connectivity index (χ1v) is 8.67. The van der Waals surface area contributed by atoms with Crippen molar-refractivity contribution >= 4 is 34.1 Å². The van der Waals surface area contributed by atoms with Crippen LogP contribution in [0.3, 0.4) is 0 Å². The maximum atomic E-state index is 13.8. The zero-order valence-electron chi connectivity index (χ0n) is 13.8. The van der Waals surface area contributed by atoms with Crippen LogP contribution in [0.25, 0.3) is 10.9 Å². The van der Waals surface area contributed by atoms with Crippen molar-refractivity contribution in [1.82, 2.24) is 9.55 Å². The predicted molar refractivity (Wildman–Crippen MR) is 98.1 cm³/mol. The smallest absolute Gasteiger partial charge is 0.261 e. The number of aromatic nitrogens is 2. The minimum absolute atomic E-state index is 0.101. The molecule has 0 atom stereocenters. The Labute approximate surface area is 153 Å². The average Bonchev–Trinajstić information content (AvgIpc) is 3.08. The number of nitrogens with one attached hydrogen (secondary N) is 1. The van der Waals surface area contributed by atoms with Crippen molar-refractivity contribution in [3.63, 3.8) is 0 Å². The Balaban J connectivity index is 1.61. The van der Waals surface area contributed by atoms with Crippen LogP contribution in [-0.4, -0.2) is 15.5 Å². The van der Waals surface area contributed by atoms with Gasteiger partial charge < -0.3 is 5.32 Å². The van der Waals surface area contributed by atoms with Gasteiger partial charge in [0.05, 0.1) is 17.3 Å². The van der Waals surface area contributed by atoms with E-state index in [-0.39, 0.29) is 22.6 Å². The highest BCUT2D eigenvalue weighted by Crippen LogP contribution is 2.21. The molecule has 5 nitrogen and oxygen atoms in total. The van der Waals surface area contributed by atoms with Crippen molar-refractivity contribution in [3.8, 4) is 0 Å². The molecular weight excluding hydrogens is 357 g/mol. The molecule has 2 aromatic carbocycles. The number of hydrogen-bond acceptors (Lipinski definition) is 3. The number of fused-ring (bicyclic) bond motifs is 2. The van der Waals surface area contributed by atoms with Crippen LogP contribution >= 0.6 is 11.6 Å². The maximum Gasteiger partial charge on any atom is 0.261 e. The normalized spacial score (nSPS) is 13.0. The summed E-state index contributed by atoms with van der Waals surface area (Å²) in [5, 5.41) is 3.35. The van der Waals surface area contributed by atoms with Gasteiger partial charge in [0, 0.05) is 29.2 Å². The molecule has 0 unspecified atom stereocenters. The molecule has 0 radical (unpaired) electrons. The summed E-state index contributed by atoms with van der Waals surface area (Å²) >= 11 is 5.96. The number of amides is 1. The predicted octanol–water partition coefficient (Wildman–Crippen LogP) is 3.32. The number of hydrogen-bond donors (Lipinski definition) is 1. The van der Waals surface area contributed by atoms with Gasteiger partial charge in [0.15, 0.2) is 0 Å². The van der Waals surface area contributed by atoms with Gasteiger partial charge in [0.25, 0.3) is 5.56 Å². The lowest BCUT2D eigenvalue weighted by Crippen LogP contribution is -2.21. The molecular formula is C19H15ClFN3O2. The van der Waals surface area contributed by atoms with Crippen LogP contribution in [0.1, 0.15) is 17.8 Å². The minimum Gasteiger partial charge on any atom is -0.326 e. The van der Waals surface area contributed by atoms with Gasteiger partial charge in [-0.2, -0.15) is 0 Å². The third kappa shape index (κ3) is 2.97.